The normalized spacial score (nSPS) is 19.2. The van der Waals surface area contributed by atoms with E-state index in [1.54, 1.807) is 0 Å². The van der Waals surface area contributed by atoms with Crippen molar-refractivity contribution < 1.29 is 9.90 Å². The van der Waals surface area contributed by atoms with Gasteiger partial charge in [-0.3, -0.25) is 0 Å². The maximum absolute atomic E-state index is 12.3. The molecule has 0 radical (unpaired) electrons. The van der Waals surface area contributed by atoms with Crippen molar-refractivity contribution >= 4 is 6.03 Å². The lowest BCUT2D eigenvalue weighted by Gasteiger charge is -2.37. The molecule has 2 N–H and O–H groups in total. The summed E-state index contributed by atoms with van der Waals surface area (Å²) < 4.78 is 0. The van der Waals surface area contributed by atoms with Crippen molar-refractivity contribution in [3.05, 3.63) is 0 Å². The van der Waals surface area contributed by atoms with Crippen molar-refractivity contribution in [1.29, 1.82) is 0 Å². The molecule has 1 aliphatic heterocycles. The Kier molecular flexibility index (Phi) is 6.27. The van der Waals surface area contributed by atoms with Crippen LogP contribution in [0.2, 0.25) is 0 Å². The fourth-order valence-electron chi connectivity index (χ4n) is 2.74. The topological polar surface area (TPSA) is 55.8 Å². The van der Waals surface area contributed by atoms with Crippen molar-refractivity contribution in [2.45, 2.75) is 39.7 Å². The van der Waals surface area contributed by atoms with Gasteiger partial charge in [-0.15, -0.1) is 0 Å². The number of hydrogen-bond acceptors (Lipinski definition) is 3. The van der Waals surface area contributed by atoms with Crippen LogP contribution in [0, 0.1) is 11.3 Å². The molecule has 1 aliphatic rings. The van der Waals surface area contributed by atoms with Crippen LogP contribution in [0.1, 0.15) is 33.6 Å². The molecule has 5 nitrogen and oxygen atoms in total. The molecule has 118 valence electrons. The molecular weight excluding hydrogens is 254 g/mol. The van der Waals surface area contributed by atoms with Crippen molar-refractivity contribution in [2.75, 3.05) is 40.3 Å². The molecule has 1 rings (SSSR count). The second kappa shape index (κ2) is 7.27. The summed E-state index contributed by atoms with van der Waals surface area (Å²) in [7, 11) is 4.10. The highest BCUT2D eigenvalue weighted by Crippen LogP contribution is 2.22. The minimum Gasteiger partial charge on any atom is -0.396 e. The summed E-state index contributed by atoms with van der Waals surface area (Å²) in [6.45, 7) is 9.09. The van der Waals surface area contributed by atoms with Gasteiger partial charge in [0, 0.05) is 32.3 Å². The van der Waals surface area contributed by atoms with Crippen LogP contribution in [0.5, 0.6) is 0 Å². The molecule has 0 spiro atoms. The molecule has 0 aromatic carbocycles. The Morgan fingerprint density at radius 1 is 1.40 bits per heavy atom. The van der Waals surface area contributed by atoms with Crippen molar-refractivity contribution in [2.24, 2.45) is 11.3 Å². The smallest absolute Gasteiger partial charge is 0.317 e. The van der Waals surface area contributed by atoms with Crippen molar-refractivity contribution in [3.63, 3.8) is 0 Å². The molecule has 0 unspecified atom stereocenters. The number of urea groups is 1. The number of aliphatic hydroxyl groups is 1. The lowest BCUT2D eigenvalue weighted by Crippen LogP contribution is -2.53. The predicted octanol–water partition coefficient (Wildman–Crippen LogP) is 1.38. The molecule has 1 fully saturated rings. The number of likely N-dealkylation sites (tertiary alicyclic amines) is 1. The molecule has 0 aromatic rings. The average Bonchev–Trinajstić information content (AvgIpc) is 2.37. The van der Waals surface area contributed by atoms with Crippen molar-refractivity contribution in [1.82, 2.24) is 15.1 Å². The van der Waals surface area contributed by atoms with Crippen LogP contribution in [0.25, 0.3) is 0 Å². The Morgan fingerprint density at radius 3 is 2.40 bits per heavy atom. The third-order valence-corrected chi connectivity index (χ3v) is 4.40. The third-order valence-electron chi connectivity index (χ3n) is 4.40. The standard InChI is InChI=1S/C15H31N3O2/c1-12(15(2,3)11-17(4)5)16-14(20)18-8-6-13(10-19)7-9-18/h12-13,19H,6-11H2,1-5H3,(H,16,20)/t12-/m1/s1. The van der Waals surface area contributed by atoms with E-state index in [1.807, 2.05) is 4.90 Å². The number of nitrogens with one attached hydrogen (secondary N) is 1. The molecule has 1 saturated heterocycles. The monoisotopic (exact) mass is 285 g/mol. The Bertz CT molecular complexity index is 310. The van der Waals surface area contributed by atoms with Crippen LogP contribution in [-0.4, -0.2) is 67.3 Å². The zero-order valence-corrected chi connectivity index (χ0v) is 13.6. The molecule has 0 aliphatic carbocycles. The lowest BCUT2D eigenvalue weighted by atomic mass is 9.85. The number of piperidine rings is 1. The van der Waals surface area contributed by atoms with Crippen LogP contribution >= 0.6 is 0 Å². The number of carbonyl (C=O) groups excluding carboxylic acids is 1. The summed E-state index contributed by atoms with van der Waals surface area (Å²) in [6.07, 6.45) is 1.80. The summed E-state index contributed by atoms with van der Waals surface area (Å²) in [5, 5.41) is 12.3. The Labute approximate surface area is 123 Å². The largest absolute Gasteiger partial charge is 0.396 e. The van der Waals surface area contributed by atoms with E-state index in [0.29, 0.717) is 5.92 Å². The molecule has 2 amide bonds. The maximum atomic E-state index is 12.3. The van der Waals surface area contributed by atoms with E-state index >= 15 is 0 Å². The second-order valence-corrected chi connectivity index (χ2v) is 7.01. The molecular formula is C15H31N3O2. The summed E-state index contributed by atoms with van der Waals surface area (Å²) in [4.78, 5) is 16.3. The van der Waals surface area contributed by atoms with E-state index in [-0.39, 0.29) is 24.1 Å². The number of aliphatic hydroxyl groups excluding tert-OH is 1. The quantitative estimate of drug-likeness (QED) is 0.802. The van der Waals surface area contributed by atoms with E-state index < -0.39 is 0 Å². The third kappa shape index (κ3) is 4.94. The molecule has 1 heterocycles. The average molecular weight is 285 g/mol. The highest BCUT2D eigenvalue weighted by molar-refractivity contribution is 5.74. The summed E-state index contributed by atoms with van der Waals surface area (Å²) >= 11 is 0. The Morgan fingerprint density at radius 2 is 1.95 bits per heavy atom. The highest BCUT2D eigenvalue weighted by atomic mass is 16.3. The molecule has 5 heteroatoms. The van der Waals surface area contributed by atoms with Crippen LogP contribution in [0.4, 0.5) is 4.79 Å². The maximum Gasteiger partial charge on any atom is 0.317 e. The van der Waals surface area contributed by atoms with E-state index in [4.69, 9.17) is 5.11 Å². The van der Waals surface area contributed by atoms with Crippen LogP contribution in [-0.2, 0) is 0 Å². The zero-order chi connectivity index (χ0) is 15.3. The Hall–Kier alpha value is -0.810. The van der Waals surface area contributed by atoms with Gasteiger partial charge in [0.25, 0.3) is 0 Å². The summed E-state index contributed by atoms with van der Waals surface area (Å²) in [5.41, 5.74) is 0.0303. The van der Waals surface area contributed by atoms with Gasteiger partial charge in [-0.05, 0) is 45.2 Å². The van der Waals surface area contributed by atoms with Gasteiger partial charge in [-0.2, -0.15) is 0 Å². The number of rotatable bonds is 5. The molecule has 1 atom stereocenters. The van der Waals surface area contributed by atoms with E-state index in [2.05, 4.69) is 45.1 Å². The SMILES string of the molecule is C[C@@H](NC(=O)N1CCC(CO)CC1)C(C)(C)CN(C)C. The van der Waals surface area contributed by atoms with Gasteiger partial charge >= 0.3 is 6.03 Å². The van der Waals surface area contributed by atoms with Gasteiger partial charge in [0.05, 0.1) is 0 Å². The number of amides is 2. The molecule has 0 aromatic heterocycles. The van der Waals surface area contributed by atoms with E-state index in [1.165, 1.54) is 0 Å². The van der Waals surface area contributed by atoms with E-state index in [9.17, 15) is 4.79 Å². The fourth-order valence-corrected chi connectivity index (χ4v) is 2.74. The Balaban J connectivity index is 2.45. The van der Waals surface area contributed by atoms with Crippen molar-refractivity contribution in [3.8, 4) is 0 Å². The van der Waals surface area contributed by atoms with Gasteiger partial charge in [-0.25, -0.2) is 4.79 Å². The first kappa shape index (κ1) is 17.2. The molecule has 20 heavy (non-hydrogen) atoms. The number of hydrogen-bond donors (Lipinski definition) is 2. The molecule has 0 bridgehead atoms. The fraction of sp³-hybridized carbons (Fsp3) is 0.933. The van der Waals surface area contributed by atoms with Crippen LogP contribution < -0.4 is 5.32 Å². The van der Waals surface area contributed by atoms with Gasteiger partial charge in [0.2, 0.25) is 0 Å². The molecule has 0 saturated carbocycles. The second-order valence-electron chi connectivity index (χ2n) is 7.01. The van der Waals surface area contributed by atoms with Gasteiger partial charge in [-0.1, -0.05) is 13.8 Å². The van der Waals surface area contributed by atoms with Gasteiger partial charge in [0.1, 0.15) is 0 Å². The summed E-state index contributed by atoms with van der Waals surface area (Å²) in [6, 6.07) is 0.147. The lowest BCUT2D eigenvalue weighted by molar-refractivity contribution is 0.126. The highest BCUT2D eigenvalue weighted by Gasteiger charge is 2.30. The first-order valence-corrected chi connectivity index (χ1v) is 7.57. The van der Waals surface area contributed by atoms with Gasteiger partial charge < -0.3 is 20.2 Å². The number of nitrogens with zero attached hydrogens (tertiary/aromatic N) is 2. The zero-order valence-electron chi connectivity index (χ0n) is 13.6. The van der Waals surface area contributed by atoms with Crippen LogP contribution in [0.15, 0.2) is 0 Å². The minimum atomic E-state index is 0.0284. The van der Waals surface area contributed by atoms with Gasteiger partial charge in [0.15, 0.2) is 0 Å². The first-order valence-electron chi connectivity index (χ1n) is 7.57. The predicted molar refractivity (Wildman–Crippen MR) is 81.7 cm³/mol. The first-order chi connectivity index (χ1) is 9.26. The summed E-state index contributed by atoms with van der Waals surface area (Å²) in [5.74, 6) is 0.363. The minimum absolute atomic E-state index is 0.0284. The van der Waals surface area contributed by atoms with E-state index in [0.717, 1.165) is 32.5 Å². The number of carbonyl (C=O) groups is 1. The van der Waals surface area contributed by atoms with Crippen LogP contribution in [0.3, 0.4) is 0 Å².